The third-order valence-corrected chi connectivity index (χ3v) is 6.76. The predicted octanol–water partition coefficient (Wildman–Crippen LogP) is 4.28. The van der Waals surface area contributed by atoms with Gasteiger partial charge >= 0.3 is 5.97 Å². The van der Waals surface area contributed by atoms with Crippen molar-refractivity contribution in [2.75, 3.05) is 13.1 Å². The normalized spacial score (nSPS) is 11.9. The molecule has 8 heteroatoms. The molecule has 0 spiro atoms. The average Bonchev–Trinajstić information content (AvgIpc) is 2.67. The number of hydrogen-bond donors (Lipinski definition) is 1. The van der Waals surface area contributed by atoms with Gasteiger partial charge in [0, 0.05) is 29.1 Å². The number of carbonyl (C=O) groups is 1. The van der Waals surface area contributed by atoms with Gasteiger partial charge in [-0.1, -0.05) is 37.6 Å². The standard InChI is InChI=1S/C20H19ClN2O4S/c1-3-23(4-2)28(26,27)15-8-9-18-16(11-15)17(20(24)25)12-19(22-18)13-6-5-7-14(21)10-13/h5-12H,3-4H2,1-2H3,(H,24,25). The summed E-state index contributed by atoms with van der Waals surface area (Å²) in [6.45, 7) is 4.16. The van der Waals surface area contributed by atoms with Crippen LogP contribution in [0.1, 0.15) is 24.2 Å². The summed E-state index contributed by atoms with van der Waals surface area (Å²) >= 11 is 6.03. The van der Waals surface area contributed by atoms with Crippen LogP contribution in [-0.2, 0) is 10.0 Å². The van der Waals surface area contributed by atoms with Crippen LogP contribution in [0.25, 0.3) is 22.2 Å². The fourth-order valence-electron chi connectivity index (χ4n) is 3.05. The molecule has 0 saturated heterocycles. The number of carboxylic acid groups (broad SMARTS) is 1. The molecule has 0 radical (unpaired) electrons. The van der Waals surface area contributed by atoms with E-state index < -0.39 is 16.0 Å². The number of hydrogen-bond acceptors (Lipinski definition) is 4. The van der Waals surface area contributed by atoms with E-state index in [1.54, 1.807) is 38.1 Å². The molecule has 28 heavy (non-hydrogen) atoms. The lowest BCUT2D eigenvalue weighted by atomic mass is 10.0. The molecule has 2 aromatic carbocycles. The van der Waals surface area contributed by atoms with E-state index in [1.807, 2.05) is 0 Å². The minimum absolute atomic E-state index is 0.0171. The maximum absolute atomic E-state index is 12.8. The number of carboxylic acids is 1. The number of aromatic carboxylic acids is 1. The van der Waals surface area contributed by atoms with Crippen molar-refractivity contribution < 1.29 is 18.3 Å². The van der Waals surface area contributed by atoms with Crippen LogP contribution in [0.2, 0.25) is 5.02 Å². The van der Waals surface area contributed by atoms with Gasteiger partial charge in [0.1, 0.15) is 0 Å². The highest BCUT2D eigenvalue weighted by atomic mass is 35.5. The SMILES string of the molecule is CCN(CC)S(=O)(=O)c1ccc2nc(-c3cccc(Cl)c3)cc(C(=O)O)c2c1. The monoisotopic (exact) mass is 418 g/mol. The number of benzene rings is 2. The first kappa shape index (κ1) is 20.3. The lowest BCUT2D eigenvalue weighted by Gasteiger charge is -2.19. The van der Waals surface area contributed by atoms with Crippen LogP contribution >= 0.6 is 11.6 Å². The summed E-state index contributed by atoms with van der Waals surface area (Å²) in [5, 5.41) is 10.5. The molecule has 0 aliphatic rings. The largest absolute Gasteiger partial charge is 0.478 e. The number of pyridine rings is 1. The molecule has 1 N–H and O–H groups in total. The van der Waals surface area contributed by atoms with Gasteiger partial charge in [-0.25, -0.2) is 18.2 Å². The summed E-state index contributed by atoms with van der Waals surface area (Å²) in [5.41, 5.74) is 1.51. The van der Waals surface area contributed by atoms with Crippen LogP contribution in [-0.4, -0.2) is 41.9 Å². The van der Waals surface area contributed by atoms with Crippen molar-refractivity contribution in [3.05, 3.63) is 59.1 Å². The molecule has 146 valence electrons. The molecule has 0 unspecified atom stereocenters. The van der Waals surface area contributed by atoms with Gasteiger partial charge < -0.3 is 5.11 Å². The summed E-state index contributed by atoms with van der Waals surface area (Å²) < 4.78 is 26.9. The quantitative estimate of drug-likeness (QED) is 0.645. The summed E-state index contributed by atoms with van der Waals surface area (Å²) in [5.74, 6) is -1.16. The van der Waals surface area contributed by atoms with Gasteiger partial charge in [0.25, 0.3) is 0 Å². The summed E-state index contributed by atoms with van der Waals surface area (Å²) in [7, 11) is -3.71. The second-order valence-corrected chi connectivity index (χ2v) is 8.51. The fourth-order valence-corrected chi connectivity index (χ4v) is 4.73. The molecule has 0 aliphatic heterocycles. The van der Waals surface area contributed by atoms with Gasteiger partial charge in [-0.05, 0) is 36.4 Å². The van der Waals surface area contributed by atoms with E-state index in [2.05, 4.69) is 4.98 Å². The summed E-state index contributed by atoms with van der Waals surface area (Å²) in [4.78, 5) is 16.4. The van der Waals surface area contributed by atoms with Gasteiger partial charge in [0.15, 0.2) is 0 Å². The smallest absolute Gasteiger partial charge is 0.336 e. The highest BCUT2D eigenvalue weighted by Gasteiger charge is 2.23. The minimum atomic E-state index is -3.71. The number of fused-ring (bicyclic) bond motifs is 1. The Kier molecular flexibility index (Phi) is 5.69. The lowest BCUT2D eigenvalue weighted by molar-refractivity contribution is 0.0699. The van der Waals surface area contributed by atoms with E-state index in [9.17, 15) is 18.3 Å². The van der Waals surface area contributed by atoms with E-state index >= 15 is 0 Å². The number of aromatic nitrogens is 1. The average molecular weight is 419 g/mol. The number of nitrogens with zero attached hydrogens (tertiary/aromatic N) is 2. The molecule has 0 saturated carbocycles. The number of sulfonamides is 1. The third kappa shape index (κ3) is 3.73. The molecule has 3 rings (SSSR count). The molecule has 6 nitrogen and oxygen atoms in total. The van der Waals surface area contributed by atoms with Crippen molar-refractivity contribution in [1.29, 1.82) is 0 Å². The number of rotatable bonds is 6. The van der Waals surface area contributed by atoms with E-state index in [4.69, 9.17) is 11.6 Å². The van der Waals surface area contributed by atoms with Gasteiger partial charge in [0.05, 0.1) is 21.7 Å². The second kappa shape index (κ2) is 7.87. The van der Waals surface area contributed by atoms with E-state index in [0.29, 0.717) is 34.9 Å². The summed E-state index contributed by atoms with van der Waals surface area (Å²) in [6.07, 6.45) is 0. The maximum atomic E-state index is 12.8. The Bertz CT molecular complexity index is 1160. The molecule has 1 aromatic heterocycles. The highest BCUT2D eigenvalue weighted by molar-refractivity contribution is 7.89. The maximum Gasteiger partial charge on any atom is 0.336 e. The summed E-state index contributed by atoms with van der Waals surface area (Å²) in [6, 6.07) is 12.7. The van der Waals surface area contributed by atoms with Crippen LogP contribution < -0.4 is 0 Å². The van der Waals surface area contributed by atoms with Crippen molar-refractivity contribution in [2.45, 2.75) is 18.7 Å². The topological polar surface area (TPSA) is 87.6 Å². The second-order valence-electron chi connectivity index (χ2n) is 6.14. The fraction of sp³-hybridized carbons (Fsp3) is 0.200. The molecule has 3 aromatic rings. The molecular formula is C20H19ClN2O4S. The first-order chi connectivity index (χ1) is 13.3. The molecule has 0 atom stereocenters. The van der Waals surface area contributed by atoms with Crippen molar-refractivity contribution in [1.82, 2.24) is 9.29 Å². The van der Waals surface area contributed by atoms with Gasteiger partial charge in [-0.3, -0.25) is 0 Å². The van der Waals surface area contributed by atoms with Crippen molar-refractivity contribution >= 4 is 38.5 Å². The molecule has 1 heterocycles. The Labute approximate surface area is 168 Å². The third-order valence-electron chi connectivity index (χ3n) is 4.47. The van der Waals surface area contributed by atoms with Crippen molar-refractivity contribution in [3.63, 3.8) is 0 Å². The zero-order chi connectivity index (χ0) is 20.5. The number of halogens is 1. The van der Waals surface area contributed by atoms with E-state index in [-0.39, 0.29) is 15.8 Å². The Hall–Kier alpha value is -2.48. The zero-order valence-corrected chi connectivity index (χ0v) is 17.0. The molecule has 0 bridgehead atoms. The van der Waals surface area contributed by atoms with Crippen LogP contribution in [0.15, 0.2) is 53.4 Å². The highest BCUT2D eigenvalue weighted by Crippen LogP contribution is 2.29. The van der Waals surface area contributed by atoms with Gasteiger partial charge in [0.2, 0.25) is 10.0 Å². The Balaban J connectivity index is 2.23. The Morgan fingerprint density at radius 3 is 2.43 bits per heavy atom. The Morgan fingerprint density at radius 2 is 1.82 bits per heavy atom. The van der Waals surface area contributed by atoms with Gasteiger partial charge in [-0.2, -0.15) is 4.31 Å². The Morgan fingerprint density at radius 1 is 1.11 bits per heavy atom. The zero-order valence-electron chi connectivity index (χ0n) is 15.4. The lowest BCUT2D eigenvalue weighted by Crippen LogP contribution is -2.30. The molecular weight excluding hydrogens is 400 g/mol. The van der Waals surface area contributed by atoms with Crippen LogP contribution in [0.5, 0.6) is 0 Å². The van der Waals surface area contributed by atoms with E-state index in [1.165, 1.54) is 28.6 Å². The molecule has 0 amide bonds. The molecule has 0 fully saturated rings. The predicted molar refractivity (Wildman–Crippen MR) is 109 cm³/mol. The molecule has 0 aliphatic carbocycles. The van der Waals surface area contributed by atoms with Crippen LogP contribution in [0.3, 0.4) is 0 Å². The van der Waals surface area contributed by atoms with Crippen molar-refractivity contribution in [2.24, 2.45) is 0 Å². The first-order valence-corrected chi connectivity index (χ1v) is 10.5. The minimum Gasteiger partial charge on any atom is -0.478 e. The first-order valence-electron chi connectivity index (χ1n) is 8.72. The van der Waals surface area contributed by atoms with Crippen molar-refractivity contribution in [3.8, 4) is 11.3 Å². The van der Waals surface area contributed by atoms with Crippen LogP contribution in [0, 0.1) is 0 Å². The van der Waals surface area contributed by atoms with Gasteiger partial charge in [-0.15, -0.1) is 0 Å². The van der Waals surface area contributed by atoms with Crippen LogP contribution in [0.4, 0.5) is 0 Å². The van der Waals surface area contributed by atoms with E-state index in [0.717, 1.165) is 0 Å².